The third-order valence-corrected chi connectivity index (χ3v) is 3.46. The van der Waals surface area contributed by atoms with Crippen LogP contribution in [0.1, 0.15) is 16.1 Å². The number of hydroxylamine groups is 1. The molecule has 0 bridgehead atoms. The zero-order valence-electron chi connectivity index (χ0n) is 12.6. The Morgan fingerprint density at radius 1 is 1.16 bits per heavy atom. The topological polar surface area (TPSA) is 76.4 Å². The van der Waals surface area contributed by atoms with Crippen molar-refractivity contribution in [3.63, 3.8) is 0 Å². The molecule has 130 valence electrons. The lowest BCUT2D eigenvalue weighted by atomic mass is 10.2. The summed E-state index contributed by atoms with van der Waals surface area (Å²) >= 11 is 0. The highest BCUT2D eigenvalue weighted by Crippen LogP contribution is 2.23. The van der Waals surface area contributed by atoms with Gasteiger partial charge in [0.2, 0.25) is 0 Å². The van der Waals surface area contributed by atoms with Crippen LogP contribution < -0.4 is 10.2 Å². The van der Waals surface area contributed by atoms with Gasteiger partial charge in [-0.1, -0.05) is 12.1 Å². The molecule has 9 heteroatoms. The van der Waals surface area contributed by atoms with Crippen molar-refractivity contribution in [3.8, 4) is 5.75 Å². The number of nitrogens with one attached hydrogen (secondary N) is 1. The Balaban J connectivity index is 1.84. The third-order valence-electron chi connectivity index (χ3n) is 3.46. The molecule has 0 aliphatic heterocycles. The van der Waals surface area contributed by atoms with Crippen molar-refractivity contribution >= 4 is 16.9 Å². The lowest BCUT2D eigenvalue weighted by molar-refractivity contribution is -0.274. The molecule has 0 fully saturated rings. The number of nitrogens with zero attached hydrogens (tertiary/aromatic N) is 2. The van der Waals surface area contributed by atoms with E-state index in [1.807, 2.05) is 0 Å². The van der Waals surface area contributed by atoms with Gasteiger partial charge in [-0.05, 0) is 35.9 Å². The minimum absolute atomic E-state index is 0.0453. The van der Waals surface area contributed by atoms with Crippen molar-refractivity contribution in [2.75, 3.05) is 0 Å². The highest BCUT2D eigenvalue weighted by atomic mass is 19.4. The first-order valence-corrected chi connectivity index (χ1v) is 7.11. The lowest BCUT2D eigenvalue weighted by Gasteiger charge is -2.10. The Bertz CT molecular complexity index is 904. The van der Waals surface area contributed by atoms with Crippen molar-refractivity contribution in [2.45, 2.75) is 12.9 Å². The van der Waals surface area contributed by atoms with Crippen molar-refractivity contribution in [1.29, 1.82) is 0 Å². The molecule has 0 unspecified atom stereocenters. The van der Waals surface area contributed by atoms with E-state index in [1.165, 1.54) is 35.8 Å². The lowest BCUT2D eigenvalue weighted by Crippen LogP contribution is -2.20. The fourth-order valence-electron chi connectivity index (χ4n) is 2.36. The summed E-state index contributed by atoms with van der Waals surface area (Å²) in [5.74, 6) is -1.03. The average Bonchev–Trinajstić information content (AvgIpc) is 2.97. The van der Waals surface area contributed by atoms with Crippen molar-refractivity contribution < 1.29 is 27.9 Å². The van der Waals surface area contributed by atoms with E-state index in [-0.39, 0.29) is 11.4 Å². The van der Waals surface area contributed by atoms with E-state index in [1.54, 1.807) is 22.9 Å². The van der Waals surface area contributed by atoms with Gasteiger partial charge in [-0.2, -0.15) is 0 Å². The normalized spacial score (nSPS) is 11.5. The molecule has 25 heavy (non-hydrogen) atoms. The molecule has 1 aromatic carbocycles. The zero-order chi connectivity index (χ0) is 18.0. The van der Waals surface area contributed by atoms with Crippen LogP contribution in [-0.4, -0.2) is 27.0 Å². The zero-order valence-corrected chi connectivity index (χ0v) is 12.6. The molecule has 0 radical (unpaired) electrons. The van der Waals surface area contributed by atoms with Gasteiger partial charge < -0.3 is 9.30 Å². The Morgan fingerprint density at radius 3 is 2.52 bits per heavy atom. The van der Waals surface area contributed by atoms with Gasteiger partial charge in [0.05, 0.1) is 0 Å². The number of carbonyl (C=O) groups excluding carboxylic acids is 1. The van der Waals surface area contributed by atoms with E-state index in [0.29, 0.717) is 12.2 Å². The molecule has 0 aliphatic rings. The van der Waals surface area contributed by atoms with Crippen LogP contribution in [0.3, 0.4) is 0 Å². The molecular formula is C16H12F3N3O3. The van der Waals surface area contributed by atoms with Crippen LogP contribution in [0.5, 0.6) is 5.75 Å². The SMILES string of the molecule is O=C(NO)c1ccc2ccn(Cc3ccc(OC(F)(F)F)cc3)c2n1. The Labute approximate surface area is 139 Å². The van der Waals surface area contributed by atoms with E-state index >= 15 is 0 Å². The second kappa shape index (κ2) is 6.44. The van der Waals surface area contributed by atoms with E-state index in [2.05, 4.69) is 9.72 Å². The number of halogens is 3. The molecule has 0 atom stereocenters. The number of alkyl halides is 3. The molecule has 2 aromatic heterocycles. The number of carbonyl (C=O) groups is 1. The van der Waals surface area contributed by atoms with E-state index in [4.69, 9.17) is 5.21 Å². The highest BCUT2D eigenvalue weighted by Gasteiger charge is 2.30. The number of ether oxygens (including phenoxy) is 1. The molecule has 0 spiro atoms. The van der Waals surface area contributed by atoms with Crippen molar-refractivity contribution in [3.05, 3.63) is 59.9 Å². The van der Waals surface area contributed by atoms with Crippen LogP contribution in [0, 0.1) is 0 Å². The maximum atomic E-state index is 12.2. The van der Waals surface area contributed by atoms with Crippen LogP contribution in [0.25, 0.3) is 11.0 Å². The molecule has 0 aliphatic carbocycles. The van der Waals surface area contributed by atoms with E-state index in [0.717, 1.165) is 10.9 Å². The van der Waals surface area contributed by atoms with E-state index < -0.39 is 12.3 Å². The van der Waals surface area contributed by atoms with Crippen LogP contribution in [0.4, 0.5) is 13.2 Å². The van der Waals surface area contributed by atoms with Gasteiger partial charge in [0.25, 0.3) is 5.91 Å². The van der Waals surface area contributed by atoms with Crippen LogP contribution in [0.2, 0.25) is 0 Å². The summed E-state index contributed by atoms with van der Waals surface area (Å²) in [7, 11) is 0. The smallest absolute Gasteiger partial charge is 0.406 e. The van der Waals surface area contributed by atoms with E-state index in [9.17, 15) is 18.0 Å². The molecular weight excluding hydrogens is 339 g/mol. The third kappa shape index (κ3) is 3.89. The summed E-state index contributed by atoms with van der Waals surface area (Å²) < 4.78 is 42.1. The van der Waals surface area contributed by atoms with Crippen LogP contribution in [-0.2, 0) is 6.54 Å². The number of fused-ring (bicyclic) bond motifs is 1. The molecule has 3 rings (SSSR count). The van der Waals surface area contributed by atoms with Crippen LogP contribution in [0.15, 0.2) is 48.7 Å². The highest BCUT2D eigenvalue weighted by molar-refractivity contribution is 5.93. The molecule has 3 aromatic rings. The van der Waals surface area contributed by atoms with Crippen LogP contribution >= 0.6 is 0 Å². The number of hydrogen-bond donors (Lipinski definition) is 2. The molecule has 2 heterocycles. The summed E-state index contributed by atoms with van der Waals surface area (Å²) in [6.45, 7) is 0.340. The van der Waals surface area contributed by atoms with Crippen molar-refractivity contribution in [2.24, 2.45) is 0 Å². The first-order chi connectivity index (χ1) is 11.9. The van der Waals surface area contributed by atoms with Gasteiger partial charge in [-0.25, -0.2) is 10.5 Å². The first-order valence-electron chi connectivity index (χ1n) is 7.11. The maximum absolute atomic E-state index is 12.2. The standard InChI is InChI=1S/C16H12F3N3O3/c17-16(18,19)25-12-4-1-10(2-5-12)9-22-8-7-11-3-6-13(15(23)21-24)20-14(11)22/h1-8,24H,9H2,(H,21,23). The largest absolute Gasteiger partial charge is 0.573 e. The Kier molecular flexibility index (Phi) is 4.32. The summed E-state index contributed by atoms with van der Waals surface area (Å²) in [6, 6.07) is 10.4. The monoisotopic (exact) mass is 351 g/mol. The van der Waals surface area contributed by atoms with Gasteiger partial charge in [0.1, 0.15) is 17.1 Å². The number of rotatable bonds is 4. The number of benzene rings is 1. The summed E-state index contributed by atoms with van der Waals surface area (Å²) in [4.78, 5) is 15.6. The average molecular weight is 351 g/mol. The van der Waals surface area contributed by atoms with Gasteiger partial charge in [-0.3, -0.25) is 10.0 Å². The van der Waals surface area contributed by atoms with Gasteiger partial charge in [-0.15, -0.1) is 13.2 Å². The number of amides is 1. The summed E-state index contributed by atoms with van der Waals surface area (Å²) in [6.07, 6.45) is -2.98. The second-order valence-electron chi connectivity index (χ2n) is 5.19. The minimum Gasteiger partial charge on any atom is -0.406 e. The Morgan fingerprint density at radius 2 is 1.88 bits per heavy atom. The van der Waals surface area contributed by atoms with Gasteiger partial charge in [0.15, 0.2) is 0 Å². The number of pyridine rings is 1. The minimum atomic E-state index is -4.73. The molecule has 1 amide bonds. The van der Waals surface area contributed by atoms with Gasteiger partial charge in [0, 0.05) is 18.1 Å². The van der Waals surface area contributed by atoms with Crippen molar-refractivity contribution in [1.82, 2.24) is 15.0 Å². The molecule has 0 saturated carbocycles. The summed E-state index contributed by atoms with van der Waals surface area (Å²) in [5, 5.41) is 9.47. The predicted octanol–water partition coefficient (Wildman–Crippen LogP) is 3.10. The number of hydrogen-bond acceptors (Lipinski definition) is 4. The fraction of sp³-hybridized carbons (Fsp3) is 0.125. The molecule has 2 N–H and O–H groups in total. The second-order valence-corrected chi connectivity index (χ2v) is 5.19. The Hall–Kier alpha value is -3.07. The quantitative estimate of drug-likeness (QED) is 0.559. The molecule has 6 nitrogen and oxygen atoms in total. The first kappa shape index (κ1) is 16.8. The number of aromatic nitrogens is 2. The van der Waals surface area contributed by atoms with Gasteiger partial charge >= 0.3 is 6.36 Å². The predicted molar refractivity (Wildman–Crippen MR) is 81.2 cm³/mol. The fourth-order valence-corrected chi connectivity index (χ4v) is 2.36. The summed E-state index contributed by atoms with van der Waals surface area (Å²) in [5.41, 5.74) is 2.80. The maximum Gasteiger partial charge on any atom is 0.573 e. The molecule has 0 saturated heterocycles.